The molecule has 0 aliphatic carbocycles. The number of nitrogens with zero attached hydrogens (tertiary/aromatic N) is 1. The molecule has 8 heteroatoms. The topological polar surface area (TPSA) is 119 Å². The predicted molar refractivity (Wildman–Crippen MR) is 159 cm³/mol. The summed E-state index contributed by atoms with van der Waals surface area (Å²) in [5.41, 5.74) is 11.2. The van der Waals surface area contributed by atoms with Gasteiger partial charge in [-0.2, -0.15) is 0 Å². The van der Waals surface area contributed by atoms with Gasteiger partial charge in [-0.1, -0.05) is 49.4 Å². The third-order valence-electron chi connectivity index (χ3n) is 6.91. The number of carbonyl (C=O) groups excluding carboxylic acids is 1. The highest BCUT2D eigenvalue weighted by molar-refractivity contribution is 6.08. The Morgan fingerprint density at radius 1 is 1.00 bits per heavy atom. The van der Waals surface area contributed by atoms with Crippen molar-refractivity contribution in [3.05, 3.63) is 89.1 Å². The summed E-state index contributed by atoms with van der Waals surface area (Å²) in [5, 5.41) is 18.5. The van der Waals surface area contributed by atoms with E-state index in [1.165, 1.54) is 6.20 Å². The molecule has 1 amide bonds. The standard InChI is InChI=1S/C32H38N4O4/c1-5-23-22(18-34-20(4)31(37)21-12-9-8-10-13-21)14-11-15-26(23)36-30-24-16-28(39-6-2)29(40-7-3)17-27(24)35-19-25(30)32(33)38/h8-17,19-20,31,34,37H,5-7,18H2,1-4H3,(H2,33,38)(H,35,36). The first-order valence-corrected chi connectivity index (χ1v) is 13.7. The van der Waals surface area contributed by atoms with Crippen LogP contribution in [0, 0.1) is 0 Å². The Bertz CT molecular complexity index is 1460. The lowest BCUT2D eigenvalue weighted by atomic mass is 10.00. The van der Waals surface area contributed by atoms with Gasteiger partial charge in [0.1, 0.15) is 0 Å². The van der Waals surface area contributed by atoms with E-state index in [1.807, 2.05) is 75.4 Å². The first kappa shape index (κ1) is 28.9. The minimum atomic E-state index is -0.630. The lowest BCUT2D eigenvalue weighted by Gasteiger charge is -2.23. The summed E-state index contributed by atoms with van der Waals surface area (Å²) in [7, 11) is 0. The average molecular weight is 543 g/mol. The van der Waals surface area contributed by atoms with Gasteiger partial charge < -0.3 is 30.9 Å². The molecule has 0 aliphatic rings. The van der Waals surface area contributed by atoms with Crippen LogP contribution >= 0.6 is 0 Å². The smallest absolute Gasteiger partial charge is 0.252 e. The molecular formula is C32H38N4O4. The van der Waals surface area contributed by atoms with Crippen molar-refractivity contribution in [2.24, 2.45) is 5.73 Å². The molecule has 0 saturated carbocycles. The van der Waals surface area contributed by atoms with E-state index in [-0.39, 0.29) is 11.6 Å². The zero-order valence-corrected chi connectivity index (χ0v) is 23.5. The van der Waals surface area contributed by atoms with Crippen LogP contribution in [0.15, 0.2) is 66.9 Å². The number of ether oxygens (including phenoxy) is 2. The fourth-order valence-corrected chi connectivity index (χ4v) is 4.85. The molecule has 3 aromatic carbocycles. The normalized spacial score (nSPS) is 12.6. The number of aliphatic hydroxyl groups excluding tert-OH is 1. The Morgan fingerprint density at radius 3 is 2.35 bits per heavy atom. The number of aliphatic hydroxyl groups is 1. The number of nitrogens with two attached hydrogens (primary N) is 1. The zero-order chi connectivity index (χ0) is 28.6. The number of hydrogen-bond donors (Lipinski definition) is 4. The highest BCUT2D eigenvalue weighted by Crippen LogP contribution is 2.38. The van der Waals surface area contributed by atoms with Crippen LogP contribution in [0.1, 0.15) is 60.8 Å². The van der Waals surface area contributed by atoms with Gasteiger partial charge in [0.15, 0.2) is 11.5 Å². The van der Waals surface area contributed by atoms with Gasteiger partial charge in [0.25, 0.3) is 5.91 Å². The first-order valence-electron chi connectivity index (χ1n) is 13.7. The van der Waals surface area contributed by atoms with E-state index in [0.29, 0.717) is 47.8 Å². The van der Waals surface area contributed by atoms with Gasteiger partial charge in [-0.3, -0.25) is 9.78 Å². The average Bonchev–Trinajstić information content (AvgIpc) is 2.96. The van der Waals surface area contributed by atoms with Gasteiger partial charge in [0.2, 0.25) is 0 Å². The lowest BCUT2D eigenvalue weighted by Crippen LogP contribution is -2.32. The Morgan fingerprint density at radius 2 is 1.70 bits per heavy atom. The van der Waals surface area contributed by atoms with Crippen LogP contribution in [0.3, 0.4) is 0 Å². The number of nitrogens with one attached hydrogen (secondary N) is 2. The van der Waals surface area contributed by atoms with Crippen molar-refractivity contribution in [3.8, 4) is 11.5 Å². The van der Waals surface area contributed by atoms with E-state index < -0.39 is 12.0 Å². The van der Waals surface area contributed by atoms with Gasteiger partial charge in [-0.25, -0.2) is 0 Å². The van der Waals surface area contributed by atoms with Crippen molar-refractivity contribution in [1.29, 1.82) is 0 Å². The number of rotatable bonds is 13. The molecule has 0 spiro atoms. The third-order valence-corrected chi connectivity index (χ3v) is 6.91. The molecule has 2 atom stereocenters. The monoisotopic (exact) mass is 542 g/mol. The molecule has 0 fully saturated rings. The molecule has 210 valence electrons. The van der Waals surface area contributed by atoms with Crippen molar-refractivity contribution in [1.82, 2.24) is 10.3 Å². The molecule has 40 heavy (non-hydrogen) atoms. The second kappa shape index (κ2) is 13.3. The Kier molecular flexibility index (Phi) is 9.58. The van der Waals surface area contributed by atoms with Crippen molar-refractivity contribution in [3.63, 3.8) is 0 Å². The van der Waals surface area contributed by atoms with E-state index in [1.54, 1.807) is 0 Å². The Hall–Kier alpha value is -4.14. The largest absolute Gasteiger partial charge is 0.490 e. The van der Waals surface area contributed by atoms with Gasteiger partial charge in [-0.05, 0) is 56.0 Å². The van der Waals surface area contributed by atoms with Crippen molar-refractivity contribution in [2.45, 2.75) is 52.8 Å². The summed E-state index contributed by atoms with van der Waals surface area (Å²) < 4.78 is 11.6. The first-order chi connectivity index (χ1) is 19.4. The van der Waals surface area contributed by atoms with Gasteiger partial charge in [-0.15, -0.1) is 0 Å². The maximum atomic E-state index is 12.5. The highest BCUT2D eigenvalue weighted by Gasteiger charge is 2.20. The maximum Gasteiger partial charge on any atom is 0.252 e. The number of amides is 1. The number of pyridine rings is 1. The summed E-state index contributed by atoms with van der Waals surface area (Å²) >= 11 is 0. The summed E-state index contributed by atoms with van der Waals surface area (Å²) in [6, 6.07) is 19.2. The van der Waals surface area contributed by atoms with Crippen LogP contribution in [-0.4, -0.2) is 35.3 Å². The fraction of sp³-hybridized carbons (Fsp3) is 0.312. The SMILES string of the molecule is CCOc1cc2ncc(C(N)=O)c(Nc3cccc(CNC(C)C(O)c4ccccc4)c3CC)c2cc1OCC. The molecular weight excluding hydrogens is 504 g/mol. The molecule has 1 aromatic heterocycles. The Balaban J connectivity index is 1.69. The van der Waals surface area contributed by atoms with Crippen LogP contribution in [0.4, 0.5) is 11.4 Å². The van der Waals surface area contributed by atoms with E-state index in [2.05, 4.69) is 28.6 Å². The summed E-state index contributed by atoms with van der Waals surface area (Å²) in [6.07, 6.45) is 1.62. The van der Waals surface area contributed by atoms with Crippen LogP contribution in [0.5, 0.6) is 11.5 Å². The van der Waals surface area contributed by atoms with Crippen molar-refractivity contribution >= 4 is 28.2 Å². The lowest BCUT2D eigenvalue weighted by molar-refractivity contribution is 0.100. The number of anilines is 2. The molecule has 8 nitrogen and oxygen atoms in total. The fourth-order valence-electron chi connectivity index (χ4n) is 4.85. The quantitative estimate of drug-likeness (QED) is 0.172. The molecule has 4 rings (SSSR count). The third kappa shape index (κ3) is 6.35. The molecule has 0 radical (unpaired) electrons. The van der Waals surface area contributed by atoms with E-state index in [0.717, 1.165) is 28.8 Å². The second-order valence-corrected chi connectivity index (χ2v) is 9.54. The van der Waals surface area contributed by atoms with Gasteiger partial charge >= 0.3 is 0 Å². The second-order valence-electron chi connectivity index (χ2n) is 9.54. The number of aromatic nitrogens is 1. The van der Waals surface area contributed by atoms with E-state index in [9.17, 15) is 9.90 Å². The molecule has 1 heterocycles. The number of primary amides is 1. The minimum absolute atomic E-state index is 0.161. The summed E-state index contributed by atoms with van der Waals surface area (Å²) in [6.45, 7) is 9.39. The van der Waals surface area contributed by atoms with Crippen LogP contribution in [0.25, 0.3) is 10.9 Å². The number of fused-ring (bicyclic) bond motifs is 1. The molecule has 0 bridgehead atoms. The minimum Gasteiger partial charge on any atom is -0.490 e. The maximum absolute atomic E-state index is 12.5. The molecule has 5 N–H and O–H groups in total. The van der Waals surface area contributed by atoms with Crippen LogP contribution in [-0.2, 0) is 13.0 Å². The molecule has 4 aromatic rings. The number of benzene rings is 3. The van der Waals surface area contributed by atoms with Gasteiger partial charge in [0.05, 0.1) is 36.1 Å². The predicted octanol–water partition coefficient (Wildman–Crippen LogP) is 5.65. The molecule has 0 saturated heterocycles. The number of carbonyl (C=O) groups is 1. The Labute approximate surface area is 235 Å². The molecule has 2 unspecified atom stereocenters. The van der Waals surface area contributed by atoms with E-state index in [4.69, 9.17) is 15.2 Å². The number of hydrogen-bond acceptors (Lipinski definition) is 7. The van der Waals surface area contributed by atoms with Crippen LogP contribution < -0.4 is 25.8 Å². The summed E-state index contributed by atoms with van der Waals surface area (Å²) in [5.74, 6) is 0.586. The molecule has 0 aliphatic heterocycles. The summed E-state index contributed by atoms with van der Waals surface area (Å²) in [4.78, 5) is 17.0. The highest BCUT2D eigenvalue weighted by atomic mass is 16.5. The van der Waals surface area contributed by atoms with Gasteiger partial charge in [0, 0.05) is 35.9 Å². The van der Waals surface area contributed by atoms with Crippen LogP contribution in [0.2, 0.25) is 0 Å². The zero-order valence-electron chi connectivity index (χ0n) is 23.5. The van der Waals surface area contributed by atoms with E-state index >= 15 is 0 Å². The van der Waals surface area contributed by atoms with Crippen molar-refractivity contribution < 1.29 is 19.4 Å². The van der Waals surface area contributed by atoms with Crippen molar-refractivity contribution in [2.75, 3.05) is 18.5 Å².